The Labute approximate surface area is 167 Å². The van der Waals surface area contributed by atoms with Crippen LogP contribution in [0.4, 0.5) is 5.82 Å². The predicted molar refractivity (Wildman–Crippen MR) is 108 cm³/mol. The van der Waals surface area contributed by atoms with Gasteiger partial charge >= 0.3 is 0 Å². The number of nitriles is 2. The summed E-state index contributed by atoms with van der Waals surface area (Å²) < 4.78 is 5.47. The monoisotopic (exact) mass is 387 g/mol. The van der Waals surface area contributed by atoms with E-state index in [9.17, 15) is 10.5 Å². The zero-order chi connectivity index (χ0) is 19.9. The number of hydrogen-bond donors (Lipinski definition) is 1. The summed E-state index contributed by atoms with van der Waals surface area (Å²) in [5.74, 6) is 1.42. The van der Waals surface area contributed by atoms with E-state index in [1.54, 1.807) is 24.5 Å². The van der Waals surface area contributed by atoms with E-state index in [2.05, 4.69) is 22.1 Å². The Kier molecular flexibility index (Phi) is 6.11. The zero-order valence-electron chi connectivity index (χ0n) is 15.2. The molecule has 3 rings (SSSR count). The molecule has 0 atom stereocenters. The lowest BCUT2D eigenvalue weighted by Gasteiger charge is -2.13. The molecule has 3 aromatic rings. The third kappa shape index (κ3) is 4.06. The summed E-state index contributed by atoms with van der Waals surface area (Å²) in [6.07, 6.45) is 3.47. The van der Waals surface area contributed by atoms with Gasteiger partial charge < -0.3 is 10.5 Å². The molecular weight excluding hydrogens is 370 g/mol. The minimum Gasteiger partial charge on any atom is -0.494 e. The summed E-state index contributed by atoms with van der Waals surface area (Å²) >= 11 is 1.39. The molecule has 2 N–H and O–H groups in total. The molecule has 2 heterocycles. The van der Waals surface area contributed by atoms with Crippen molar-refractivity contribution < 1.29 is 4.74 Å². The molecular formula is C21H17N5OS. The number of ether oxygens (including phenoxy) is 1. The summed E-state index contributed by atoms with van der Waals surface area (Å²) in [7, 11) is 0. The van der Waals surface area contributed by atoms with Crippen molar-refractivity contribution in [2.24, 2.45) is 0 Å². The molecule has 0 radical (unpaired) electrons. The highest BCUT2D eigenvalue weighted by atomic mass is 32.2. The first kappa shape index (κ1) is 19.2. The molecule has 0 aliphatic rings. The highest BCUT2D eigenvalue weighted by Gasteiger charge is 2.20. The second-order valence-electron chi connectivity index (χ2n) is 5.76. The Balaban J connectivity index is 2.06. The second kappa shape index (κ2) is 8.90. The van der Waals surface area contributed by atoms with Crippen LogP contribution < -0.4 is 10.5 Å². The van der Waals surface area contributed by atoms with Crippen LogP contribution in [-0.4, -0.2) is 16.6 Å². The maximum atomic E-state index is 9.82. The number of benzene rings is 1. The average molecular weight is 387 g/mol. The van der Waals surface area contributed by atoms with Crippen molar-refractivity contribution in [3.8, 4) is 29.0 Å². The number of aromatic nitrogens is 2. The number of nitrogens with two attached hydrogens (primary N) is 1. The fourth-order valence-corrected chi connectivity index (χ4v) is 3.64. The number of nitrogens with zero attached hydrogens (tertiary/aromatic N) is 4. The smallest absolute Gasteiger partial charge is 0.143 e. The molecule has 7 heteroatoms. The average Bonchev–Trinajstić information content (AvgIpc) is 2.73. The van der Waals surface area contributed by atoms with Crippen LogP contribution in [0.25, 0.3) is 11.1 Å². The molecule has 0 aliphatic heterocycles. The van der Waals surface area contributed by atoms with Crippen molar-refractivity contribution in [1.82, 2.24) is 9.97 Å². The zero-order valence-corrected chi connectivity index (χ0v) is 16.0. The first-order valence-corrected chi connectivity index (χ1v) is 9.55. The predicted octanol–water partition coefficient (Wildman–Crippen LogP) is 4.16. The highest BCUT2D eigenvalue weighted by molar-refractivity contribution is 7.98. The number of rotatable bonds is 6. The van der Waals surface area contributed by atoms with Gasteiger partial charge in [0.15, 0.2) is 0 Å². The molecule has 0 spiro atoms. The fraction of sp³-hybridized carbons (Fsp3) is 0.143. The molecule has 28 heavy (non-hydrogen) atoms. The Morgan fingerprint density at radius 3 is 2.46 bits per heavy atom. The van der Waals surface area contributed by atoms with Crippen molar-refractivity contribution in [1.29, 1.82) is 10.5 Å². The molecule has 0 aliphatic carbocycles. The van der Waals surface area contributed by atoms with Gasteiger partial charge in [0.25, 0.3) is 0 Å². The molecule has 1 aromatic carbocycles. The van der Waals surface area contributed by atoms with Gasteiger partial charge in [0.1, 0.15) is 34.3 Å². The van der Waals surface area contributed by atoms with Crippen LogP contribution in [0, 0.1) is 22.7 Å². The first-order valence-electron chi connectivity index (χ1n) is 8.56. The Morgan fingerprint density at radius 2 is 1.86 bits per heavy atom. The largest absolute Gasteiger partial charge is 0.494 e. The summed E-state index contributed by atoms with van der Waals surface area (Å²) in [5.41, 5.74) is 8.80. The summed E-state index contributed by atoms with van der Waals surface area (Å²) in [5, 5.41) is 19.9. The number of hydrogen-bond acceptors (Lipinski definition) is 7. The summed E-state index contributed by atoms with van der Waals surface area (Å²) in [6.45, 7) is 2.47. The van der Waals surface area contributed by atoms with Gasteiger partial charge in [0, 0.05) is 23.7 Å². The van der Waals surface area contributed by atoms with E-state index in [1.807, 2.05) is 31.2 Å². The Hall–Kier alpha value is -3.55. The van der Waals surface area contributed by atoms with Gasteiger partial charge in [-0.05, 0) is 36.2 Å². The Bertz CT molecular complexity index is 1050. The van der Waals surface area contributed by atoms with E-state index in [-0.39, 0.29) is 11.4 Å². The first-order chi connectivity index (χ1) is 13.7. The van der Waals surface area contributed by atoms with E-state index >= 15 is 0 Å². The third-order valence-corrected chi connectivity index (χ3v) is 5.01. The van der Waals surface area contributed by atoms with Crippen molar-refractivity contribution in [3.63, 3.8) is 0 Å². The van der Waals surface area contributed by atoms with Crippen molar-refractivity contribution in [3.05, 3.63) is 65.5 Å². The molecule has 0 amide bonds. The van der Waals surface area contributed by atoms with E-state index in [4.69, 9.17) is 10.5 Å². The van der Waals surface area contributed by atoms with Crippen LogP contribution >= 0.6 is 11.8 Å². The number of nitrogen functional groups attached to an aromatic ring is 1. The minimum absolute atomic E-state index is 0.110. The topological polar surface area (TPSA) is 109 Å². The van der Waals surface area contributed by atoms with Crippen molar-refractivity contribution >= 4 is 17.6 Å². The van der Waals surface area contributed by atoms with Gasteiger partial charge in [-0.25, -0.2) is 4.98 Å². The van der Waals surface area contributed by atoms with Crippen LogP contribution in [0.1, 0.15) is 23.6 Å². The number of thioether (sulfide) groups is 1. The van der Waals surface area contributed by atoms with Crippen LogP contribution in [0.15, 0.2) is 53.8 Å². The lowest BCUT2D eigenvalue weighted by Crippen LogP contribution is -2.03. The van der Waals surface area contributed by atoms with E-state index < -0.39 is 0 Å². The number of anilines is 1. The van der Waals surface area contributed by atoms with Gasteiger partial charge in [-0.15, -0.1) is 11.8 Å². The van der Waals surface area contributed by atoms with Crippen molar-refractivity contribution in [2.75, 3.05) is 12.3 Å². The van der Waals surface area contributed by atoms with E-state index in [0.717, 1.165) is 11.3 Å². The van der Waals surface area contributed by atoms with Crippen molar-refractivity contribution in [2.45, 2.75) is 17.7 Å². The maximum absolute atomic E-state index is 9.82. The van der Waals surface area contributed by atoms with Gasteiger partial charge in [0.05, 0.1) is 12.2 Å². The van der Waals surface area contributed by atoms with E-state index in [1.165, 1.54) is 11.8 Å². The second-order valence-corrected chi connectivity index (χ2v) is 6.72. The Morgan fingerprint density at radius 1 is 1.11 bits per heavy atom. The van der Waals surface area contributed by atoms with Gasteiger partial charge in [-0.2, -0.15) is 10.5 Å². The molecule has 0 bridgehead atoms. The summed E-state index contributed by atoms with van der Waals surface area (Å²) in [6, 6.07) is 15.3. The highest BCUT2D eigenvalue weighted by Crippen LogP contribution is 2.37. The molecule has 0 fully saturated rings. The molecule has 0 saturated carbocycles. The molecule has 2 aromatic heterocycles. The van der Waals surface area contributed by atoms with Gasteiger partial charge in [-0.1, -0.05) is 18.2 Å². The van der Waals surface area contributed by atoms with E-state index in [0.29, 0.717) is 34.1 Å². The summed E-state index contributed by atoms with van der Waals surface area (Å²) in [4.78, 5) is 8.41. The molecule has 0 saturated heterocycles. The fourth-order valence-electron chi connectivity index (χ4n) is 2.71. The minimum atomic E-state index is 0.110. The SMILES string of the molecule is CCOc1ccc(-c2c(C#N)c(N)nc(SCc3cccnc3)c2C#N)cc1. The standard InChI is InChI=1S/C21H17N5OS/c1-2-27-16-7-5-15(6-8-16)19-17(10-22)20(24)26-21(18(19)11-23)28-13-14-4-3-9-25-12-14/h3-9,12H,2,13H2,1H3,(H2,24,26). The van der Waals surface area contributed by atoms with Gasteiger partial charge in [0.2, 0.25) is 0 Å². The van der Waals surface area contributed by atoms with Gasteiger partial charge in [-0.3, -0.25) is 4.98 Å². The molecule has 0 unspecified atom stereocenters. The number of pyridine rings is 2. The molecule has 6 nitrogen and oxygen atoms in total. The quantitative estimate of drug-likeness (QED) is 0.632. The van der Waals surface area contributed by atoms with Crippen LogP contribution in [-0.2, 0) is 5.75 Å². The van der Waals surface area contributed by atoms with Crippen LogP contribution in [0.5, 0.6) is 5.75 Å². The van der Waals surface area contributed by atoms with Crippen LogP contribution in [0.3, 0.4) is 0 Å². The molecule has 138 valence electrons. The van der Waals surface area contributed by atoms with Crippen LogP contribution in [0.2, 0.25) is 0 Å². The normalized spacial score (nSPS) is 10.1. The lowest BCUT2D eigenvalue weighted by molar-refractivity contribution is 0.340. The third-order valence-electron chi connectivity index (χ3n) is 3.97. The lowest BCUT2D eigenvalue weighted by atomic mass is 9.97. The maximum Gasteiger partial charge on any atom is 0.143 e.